The molecule has 1 aliphatic carbocycles. The lowest BCUT2D eigenvalue weighted by Gasteiger charge is -2.16. The molecule has 1 saturated carbocycles. The maximum atomic E-state index is 11.7. The molecule has 1 heterocycles. The molecule has 4 nitrogen and oxygen atoms in total. The zero-order valence-electron chi connectivity index (χ0n) is 9.78. The van der Waals surface area contributed by atoms with Crippen molar-refractivity contribution in [2.75, 3.05) is 13.1 Å². The van der Waals surface area contributed by atoms with Crippen LogP contribution >= 0.6 is 0 Å². The summed E-state index contributed by atoms with van der Waals surface area (Å²) in [6, 6.07) is 3.08. The number of carbonyl (C=O) groups excluding carboxylic acids is 1. The predicted molar refractivity (Wildman–Crippen MR) is 60.5 cm³/mol. The Bertz CT molecular complexity index is 306. The summed E-state index contributed by atoms with van der Waals surface area (Å²) in [5.74, 6) is -0.567. The molecule has 0 spiro atoms. The second kappa shape index (κ2) is 4.84. The van der Waals surface area contributed by atoms with Crippen molar-refractivity contribution in [3.05, 3.63) is 0 Å². The molecule has 88 valence electrons. The molecule has 0 bridgehead atoms. The monoisotopic (exact) mass is 221 g/mol. The highest BCUT2D eigenvalue weighted by atomic mass is 16.1. The van der Waals surface area contributed by atoms with Crippen LogP contribution in [0, 0.1) is 17.2 Å². The zero-order valence-corrected chi connectivity index (χ0v) is 9.78. The topological polar surface area (TPSA) is 56.1 Å². The van der Waals surface area contributed by atoms with Crippen LogP contribution in [0.2, 0.25) is 0 Å². The molecule has 2 aliphatic rings. The number of nitrogens with one attached hydrogen (secondary N) is 1. The summed E-state index contributed by atoms with van der Waals surface area (Å²) in [5, 5.41) is 11.8. The largest absolute Gasteiger partial charge is 0.351 e. The molecule has 1 aliphatic heterocycles. The highest BCUT2D eigenvalue weighted by Crippen LogP contribution is 2.29. The molecular formula is C12H19N3O. The summed E-state index contributed by atoms with van der Waals surface area (Å²) in [6.45, 7) is 3.94. The number of nitrogens with zero attached hydrogens (tertiary/aromatic N) is 2. The normalized spacial score (nSPS) is 27.4. The van der Waals surface area contributed by atoms with E-state index in [9.17, 15) is 4.79 Å². The van der Waals surface area contributed by atoms with E-state index in [1.165, 1.54) is 12.8 Å². The first kappa shape index (κ1) is 11.4. The molecular weight excluding hydrogens is 202 g/mol. The third kappa shape index (κ3) is 2.53. The van der Waals surface area contributed by atoms with E-state index in [1.807, 2.05) is 13.0 Å². The number of rotatable bonds is 4. The molecule has 2 unspecified atom stereocenters. The quantitative estimate of drug-likeness (QED) is 0.767. The molecule has 2 fully saturated rings. The fraction of sp³-hybridized carbons (Fsp3) is 0.833. The zero-order chi connectivity index (χ0) is 11.5. The van der Waals surface area contributed by atoms with Crippen LogP contribution in [0.4, 0.5) is 0 Å². The second-order valence-corrected chi connectivity index (χ2v) is 4.81. The Hall–Kier alpha value is -1.08. The number of carbonyl (C=O) groups is 1. The summed E-state index contributed by atoms with van der Waals surface area (Å²) in [7, 11) is 0. The van der Waals surface area contributed by atoms with Crippen molar-refractivity contribution >= 4 is 5.91 Å². The summed E-state index contributed by atoms with van der Waals surface area (Å²) in [5.41, 5.74) is 0. The van der Waals surface area contributed by atoms with E-state index in [0.29, 0.717) is 6.42 Å². The van der Waals surface area contributed by atoms with Crippen molar-refractivity contribution in [2.45, 2.75) is 44.7 Å². The van der Waals surface area contributed by atoms with Crippen LogP contribution in [0.1, 0.15) is 32.6 Å². The molecule has 2 rings (SSSR count). The molecule has 0 aromatic heterocycles. The molecule has 0 radical (unpaired) electrons. The van der Waals surface area contributed by atoms with E-state index in [2.05, 4.69) is 10.2 Å². The van der Waals surface area contributed by atoms with E-state index in [-0.39, 0.29) is 11.9 Å². The molecule has 2 atom stereocenters. The minimum Gasteiger partial charge on any atom is -0.351 e. The van der Waals surface area contributed by atoms with Crippen LogP contribution in [0.5, 0.6) is 0 Å². The van der Waals surface area contributed by atoms with Gasteiger partial charge in [-0.2, -0.15) is 5.26 Å². The maximum Gasteiger partial charge on any atom is 0.237 e. The van der Waals surface area contributed by atoms with Crippen molar-refractivity contribution in [1.82, 2.24) is 10.2 Å². The smallest absolute Gasteiger partial charge is 0.237 e. The fourth-order valence-corrected chi connectivity index (χ4v) is 2.31. The molecule has 1 amide bonds. The van der Waals surface area contributed by atoms with Gasteiger partial charge in [0.1, 0.15) is 5.92 Å². The number of amides is 1. The van der Waals surface area contributed by atoms with Crippen molar-refractivity contribution in [2.24, 2.45) is 5.92 Å². The lowest BCUT2D eigenvalue weighted by Crippen LogP contribution is -2.40. The Morgan fingerprint density at radius 1 is 1.56 bits per heavy atom. The van der Waals surface area contributed by atoms with Gasteiger partial charge in [-0.15, -0.1) is 0 Å². The van der Waals surface area contributed by atoms with E-state index in [1.54, 1.807) is 0 Å². The molecule has 16 heavy (non-hydrogen) atoms. The van der Waals surface area contributed by atoms with Crippen LogP contribution in [-0.4, -0.2) is 36.0 Å². The van der Waals surface area contributed by atoms with Gasteiger partial charge < -0.3 is 5.32 Å². The lowest BCUT2D eigenvalue weighted by atomic mass is 10.1. The Morgan fingerprint density at radius 2 is 2.31 bits per heavy atom. The van der Waals surface area contributed by atoms with Gasteiger partial charge in [0.2, 0.25) is 5.91 Å². The average molecular weight is 221 g/mol. The highest BCUT2D eigenvalue weighted by Gasteiger charge is 2.35. The molecule has 1 saturated heterocycles. The number of hydrogen-bond acceptors (Lipinski definition) is 3. The third-order valence-electron chi connectivity index (χ3n) is 3.51. The van der Waals surface area contributed by atoms with Crippen molar-refractivity contribution < 1.29 is 4.79 Å². The SMILES string of the molecule is CCC(C#N)C(=O)NC1CCN(C2CC2)C1. The van der Waals surface area contributed by atoms with Crippen LogP contribution in [0.15, 0.2) is 0 Å². The van der Waals surface area contributed by atoms with Gasteiger partial charge in [-0.3, -0.25) is 9.69 Å². The van der Waals surface area contributed by atoms with Crippen molar-refractivity contribution in [3.8, 4) is 6.07 Å². The first-order valence-corrected chi connectivity index (χ1v) is 6.18. The highest BCUT2D eigenvalue weighted by molar-refractivity contribution is 5.81. The minimum atomic E-state index is -0.477. The first-order valence-electron chi connectivity index (χ1n) is 6.18. The second-order valence-electron chi connectivity index (χ2n) is 4.81. The summed E-state index contributed by atoms with van der Waals surface area (Å²) >= 11 is 0. The van der Waals surface area contributed by atoms with Gasteiger partial charge in [0.25, 0.3) is 0 Å². The summed E-state index contributed by atoms with van der Waals surface area (Å²) in [6.07, 6.45) is 4.26. The van der Waals surface area contributed by atoms with Crippen LogP contribution in [0.25, 0.3) is 0 Å². The van der Waals surface area contributed by atoms with Crippen LogP contribution < -0.4 is 5.32 Å². The Morgan fingerprint density at radius 3 is 2.88 bits per heavy atom. The summed E-state index contributed by atoms with van der Waals surface area (Å²) in [4.78, 5) is 14.2. The van der Waals surface area contributed by atoms with Gasteiger partial charge in [0.15, 0.2) is 0 Å². The number of nitriles is 1. The van der Waals surface area contributed by atoms with Gasteiger partial charge in [0.05, 0.1) is 6.07 Å². The van der Waals surface area contributed by atoms with Gasteiger partial charge >= 0.3 is 0 Å². The standard InChI is InChI=1S/C12H19N3O/c1-2-9(7-13)12(16)14-10-5-6-15(8-10)11-3-4-11/h9-11H,2-6,8H2,1H3,(H,14,16). The molecule has 4 heteroatoms. The fourth-order valence-electron chi connectivity index (χ4n) is 2.31. The molecule has 1 N–H and O–H groups in total. The Labute approximate surface area is 96.6 Å². The average Bonchev–Trinajstić information content (AvgIpc) is 3.02. The van der Waals surface area contributed by atoms with E-state index < -0.39 is 5.92 Å². The van der Waals surface area contributed by atoms with Gasteiger partial charge in [-0.25, -0.2) is 0 Å². The van der Waals surface area contributed by atoms with Gasteiger partial charge in [-0.1, -0.05) is 6.92 Å². The lowest BCUT2D eigenvalue weighted by molar-refractivity contribution is -0.124. The van der Waals surface area contributed by atoms with E-state index in [4.69, 9.17) is 5.26 Å². The molecule has 0 aromatic carbocycles. The predicted octanol–water partition coefficient (Wildman–Crippen LogP) is 0.889. The van der Waals surface area contributed by atoms with Crippen molar-refractivity contribution in [3.63, 3.8) is 0 Å². The van der Waals surface area contributed by atoms with Gasteiger partial charge in [0, 0.05) is 25.2 Å². The van der Waals surface area contributed by atoms with E-state index in [0.717, 1.165) is 25.6 Å². The number of hydrogen-bond donors (Lipinski definition) is 1. The molecule has 0 aromatic rings. The van der Waals surface area contributed by atoms with Crippen LogP contribution in [0.3, 0.4) is 0 Å². The van der Waals surface area contributed by atoms with Gasteiger partial charge in [-0.05, 0) is 25.7 Å². The Kier molecular flexibility index (Phi) is 3.45. The van der Waals surface area contributed by atoms with E-state index >= 15 is 0 Å². The minimum absolute atomic E-state index is 0.0901. The Balaban J connectivity index is 1.77. The summed E-state index contributed by atoms with van der Waals surface area (Å²) < 4.78 is 0. The van der Waals surface area contributed by atoms with Crippen LogP contribution in [-0.2, 0) is 4.79 Å². The third-order valence-corrected chi connectivity index (χ3v) is 3.51. The maximum absolute atomic E-state index is 11.7. The number of likely N-dealkylation sites (tertiary alicyclic amines) is 1. The first-order chi connectivity index (χ1) is 7.74. The van der Waals surface area contributed by atoms with Crippen molar-refractivity contribution in [1.29, 1.82) is 5.26 Å².